The average molecular weight is 815 g/mol. The van der Waals surface area contributed by atoms with E-state index < -0.39 is 19.7 Å². The van der Waals surface area contributed by atoms with E-state index in [1.54, 1.807) is 10.4 Å². The van der Waals surface area contributed by atoms with Crippen LogP contribution in [0.5, 0.6) is 5.75 Å². The van der Waals surface area contributed by atoms with Crippen LogP contribution in [0.25, 0.3) is 0 Å². The van der Waals surface area contributed by atoms with Gasteiger partial charge in [0.15, 0.2) is 0 Å². The molecular weight excluding hydrogens is 754 g/mol. The molecule has 8 rings (SSSR count). The summed E-state index contributed by atoms with van der Waals surface area (Å²) in [5.74, 6) is 6.20. The molecule has 2 bridgehead atoms. The van der Waals surface area contributed by atoms with Gasteiger partial charge in [0.1, 0.15) is 5.75 Å². The van der Waals surface area contributed by atoms with E-state index in [9.17, 15) is 17.4 Å². The second-order valence-corrected chi connectivity index (χ2v) is 22.7. The van der Waals surface area contributed by atoms with Crippen LogP contribution >= 0.6 is 11.6 Å². The van der Waals surface area contributed by atoms with Crippen LogP contribution in [0, 0.1) is 23.7 Å². The number of nitrogens with zero attached hydrogens (tertiary/aromatic N) is 4. The lowest BCUT2D eigenvalue weighted by molar-refractivity contribution is 0.00865. The number of carbonyl (C=O) groups is 1. The third-order valence-electron chi connectivity index (χ3n) is 14.4. The van der Waals surface area contributed by atoms with Crippen molar-refractivity contribution in [3.8, 4) is 5.75 Å². The summed E-state index contributed by atoms with van der Waals surface area (Å²) in [7, 11) is -6.14. The van der Waals surface area contributed by atoms with Crippen LogP contribution < -0.4 is 14.4 Å². The van der Waals surface area contributed by atoms with Crippen molar-refractivity contribution >= 4 is 48.8 Å². The van der Waals surface area contributed by atoms with Crippen molar-refractivity contribution in [2.24, 2.45) is 23.7 Å². The monoisotopic (exact) mass is 813 g/mol. The van der Waals surface area contributed by atoms with Crippen molar-refractivity contribution in [3.63, 3.8) is 0 Å². The van der Waals surface area contributed by atoms with Crippen LogP contribution in [-0.2, 0) is 31.6 Å². The SMILES string of the molecule is C=S1(=O)NC(=O)c2ccc3c(c2)N(C[C@@H]2CC[C@H]2[C@@H](CN2CCN4CCN(S(C)(=O)=O)C[C@@H]4C2)CCC[C@H](C)[C@H]1C)C[C@@]1(CCCc2cc(Cl)ccc21)CO3. The molecule has 4 aliphatic heterocycles. The van der Waals surface area contributed by atoms with Crippen molar-refractivity contribution < 1.29 is 22.2 Å². The van der Waals surface area contributed by atoms with Gasteiger partial charge in [-0.15, -0.1) is 0 Å². The van der Waals surface area contributed by atoms with Gasteiger partial charge in [-0.25, -0.2) is 12.6 Å². The quantitative estimate of drug-likeness (QED) is 0.418. The number of nitrogens with one attached hydrogen (secondary N) is 1. The number of amides is 1. The molecule has 0 aromatic heterocycles. The Bertz CT molecular complexity index is 2000. The Balaban J connectivity index is 1.12. The number of hydrogen-bond acceptors (Lipinski definition) is 8. The van der Waals surface area contributed by atoms with Gasteiger partial charge in [0, 0.05) is 86.2 Å². The summed E-state index contributed by atoms with van der Waals surface area (Å²) in [5.41, 5.74) is 3.81. The molecule has 2 aliphatic carbocycles. The van der Waals surface area contributed by atoms with Gasteiger partial charge in [-0.1, -0.05) is 31.0 Å². The van der Waals surface area contributed by atoms with Gasteiger partial charge in [-0.05, 0) is 123 Å². The van der Waals surface area contributed by atoms with Gasteiger partial charge in [0.05, 0.1) is 28.3 Å². The lowest BCUT2D eigenvalue weighted by atomic mass is 9.65. The molecule has 6 aliphatic rings. The molecule has 8 atom stereocenters. The minimum atomic E-state index is -3.22. The lowest BCUT2D eigenvalue weighted by Gasteiger charge is -2.50. The Kier molecular flexibility index (Phi) is 11.1. The second-order valence-electron chi connectivity index (χ2n) is 17.9. The molecule has 1 spiro atoms. The van der Waals surface area contributed by atoms with Crippen molar-refractivity contribution in [2.45, 2.75) is 81.9 Å². The number of benzene rings is 2. The first-order chi connectivity index (χ1) is 26.2. The summed E-state index contributed by atoms with van der Waals surface area (Å²) in [6, 6.07) is 12.3. The van der Waals surface area contributed by atoms with Crippen molar-refractivity contribution in [2.75, 3.05) is 76.7 Å². The minimum absolute atomic E-state index is 0.129. The fourth-order valence-corrected chi connectivity index (χ4v) is 13.4. The highest BCUT2D eigenvalue weighted by atomic mass is 35.5. The van der Waals surface area contributed by atoms with Crippen LogP contribution in [0.2, 0.25) is 5.02 Å². The maximum absolute atomic E-state index is 14.1. The van der Waals surface area contributed by atoms with E-state index >= 15 is 0 Å². The Morgan fingerprint density at radius 3 is 2.60 bits per heavy atom. The Hall–Kier alpha value is -2.35. The van der Waals surface area contributed by atoms with E-state index in [1.807, 2.05) is 25.1 Å². The molecular formula is C42H60ClN5O5S2. The molecule has 2 aromatic carbocycles. The number of halogens is 1. The van der Waals surface area contributed by atoms with Gasteiger partial charge in [-0.2, -0.15) is 4.31 Å². The van der Waals surface area contributed by atoms with Crippen molar-refractivity contribution in [1.82, 2.24) is 18.8 Å². The third-order valence-corrected chi connectivity index (χ3v) is 18.1. The van der Waals surface area contributed by atoms with Gasteiger partial charge < -0.3 is 14.5 Å². The van der Waals surface area contributed by atoms with E-state index in [0.717, 1.165) is 101 Å². The molecule has 10 nitrogen and oxygen atoms in total. The topological polar surface area (TPSA) is 103 Å². The zero-order valence-electron chi connectivity index (χ0n) is 32.9. The standard InChI is InChI=1S/C42H60ClN5O5S2/c1-29-7-5-8-33(23-45-17-18-46-19-20-48(55(4,51)52)26-36(46)25-45)37-13-10-34(37)24-47-27-42(16-6-9-31-21-35(43)12-14-38(31)42)28-53-40-15-11-32(22-39(40)47)41(49)44-54(3,50)30(29)2/h11-12,14-15,21-22,29-30,33-34,36-37H,3,5-10,13,16-20,23-28H2,1-2,4H3,(H,44,49,50)/t29-,30+,33+,34-,36-,37-,42-,54?/m0/s1. The molecule has 13 heteroatoms. The van der Waals surface area contributed by atoms with Crippen LogP contribution in [0.15, 0.2) is 36.4 Å². The number of anilines is 1. The predicted molar refractivity (Wildman–Crippen MR) is 223 cm³/mol. The van der Waals surface area contributed by atoms with Crippen molar-refractivity contribution in [3.05, 3.63) is 58.1 Å². The highest BCUT2D eigenvalue weighted by molar-refractivity contribution is 7.99. The molecule has 0 radical (unpaired) electrons. The highest BCUT2D eigenvalue weighted by Gasteiger charge is 2.45. The maximum Gasteiger partial charge on any atom is 0.262 e. The molecule has 4 heterocycles. The smallest absolute Gasteiger partial charge is 0.262 e. The van der Waals surface area contributed by atoms with E-state index in [-0.39, 0.29) is 28.5 Å². The van der Waals surface area contributed by atoms with Gasteiger partial charge in [-0.3, -0.25) is 14.4 Å². The first kappa shape index (κ1) is 39.5. The summed E-state index contributed by atoms with van der Waals surface area (Å²) in [6.45, 7) is 12.2. The number of ether oxygens (including phenoxy) is 1. The number of hydrogen-bond donors (Lipinski definition) is 1. The fraction of sp³-hybridized carbons (Fsp3) is 0.667. The van der Waals surface area contributed by atoms with Gasteiger partial charge >= 0.3 is 0 Å². The molecule has 2 aromatic rings. The van der Waals surface area contributed by atoms with E-state index in [1.165, 1.54) is 30.2 Å². The summed E-state index contributed by atoms with van der Waals surface area (Å²) >= 11 is 6.52. The largest absolute Gasteiger partial charge is 0.490 e. The number of sulfonamides is 1. The fourth-order valence-electron chi connectivity index (χ4n) is 10.8. The van der Waals surface area contributed by atoms with Gasteiger partial charge in [0.2, 0.25) is 10.0 Å². The van der Waals surface area contributed by atoms with Crippen molar-refractivity contribution in [1.29, 1.82) is 0 Å². The van der Waals surface area contributed by atoms with E-state index in [2.05, 4.69) is 44.3 Å². The molecule has 302 valence electrons. The summed E-state index contributed by atoms with van der Waals surface area (Å²) in [6.07, 6.45) is 9.82. The van der Waals surface area contributed by atoms with Crippen LogP contribution in [0.4, 0.5) is 5.69 Å². The average Bonchev–Trinajstić information content (AvgIpc) is 3.28. The molecule has 55 heavy (non-hydrogen) atoms. The van der Waals surface area contributed by atoms with Crippen LogP contribution in [0.1, 0.15) is 80.3 Å². The second kappa shape index (κ2) is 15.4. The Morgan fingerprint density at radius 2 is 1.82 bits per heavy atom. The number of rotatable bonds is 3. The Morgan fingerprint density at radius 1 is 1.00 bits per heavy atom. The lowest BCUT2D eigenvalue weighted by Crippen LogP contribution is -2.63. The molecule has 1 saturated carbocycles. The Labute approximate surface area is 334 Å². The van der Waals surface area contributed by atoms with E-state index in [0.29, 0.717) is 43.0 Å². The predicted octanol–water partition coefficient (Wildman–Crippen LogP) is 5.29. The molecule has 1 unspecified atom stereocenters. The van der Waals surface area contributed by atoms with E-state index in [4.69, 9.17) is 16.3 Å². The molecule has 1 amide bonds. The van der Waals surface area contributed by atoms with Gasteiger partial charge in [0.25, 0.3) is 5.91 Å². The zero-order valence-corrected chi connectivity index (χ0v) is 35.3. The number of aryl methyl sites for hydroxylation is 1. The number of fused-ring (bicyclic) bond motifs is 5. The first-order valence-electron chi connectivity index (χ1n) is 20.6. The molecule has 2 saturated heterocycles. The zero-order chi connectivity index (χ0) is 38.7. The summed E-state index contributed by atoms with van der Waals surface area (Å²) in [5, 5.41) is 0.484. The normalized spacial score (nSPS) is 35.3. The minimum Gasteiger partial charge on any atom is -0.490 e. The molecule has 1 N–H and O–H groups in total. The van der Waals surface area contributed by atoms with Crippen LogP contribution in [0.3, 0.4) is 0 Å². The third kappa shape index (κ3) is 8.06. The molecule has 3 fully saturated rings. The maximum atomic E-state index is 14.1. The highest BCUT2D eigenvalue weighted by Crippen LogP contribution is 2.48. The summed E-state index contributed by atoms with van der Waals surface area (Å²) < 4.78 is 50.3. The van der Waals surface area contributed by atoms with Crippen LogP contribution in [-0.4, -0.2) is 122 Å². The number of carbonyl (C=O) groups excluding carboxylic acids is 1. The summed E-state index contributed by atoms with van der Waals surface area (Å²) in [4.78, 5) is 21.4. The number of piperazine rings is 2. The first-order valence-corrected chi connectivity index (χ1v) is 24.6.